The highest BCUT2D eigenvalue weighted by Crippen LogP contribution is 2.04. The molecule has 0 unspecified atom stereocenters. The molecule has 0 fully saturated rings. The predicted molar refractivity (Wildman–Crippen MR) is 104 cm³/mol. The van der Waals surface area contributed by atoms with E-state index in [-0.39, 0.29) is 13.2 Å². The van der Waals surface area contributed by atoms with Crippen molar-refractivity contribution >= 4 is 12.3 Å². The predicted octanol–water partition coefficient (Wildman–Crippen LogP) is 3.96. The van der Waals surface area contributed by atoms with E-state index in [0.29, 0.717) is 26.4 Å². The average Bonchev–Trinajstić information content (AvgIpc) is 2.69. The Labute approximate surface area is 168 Å². The van der Waals surface area contributed by atoms with Crippen LogP contribution < -0.4 is 0 Å². The van der Waals surface area contributed by atoms with Crippen LogP contribution in [0.15, 0.2) is 0 Å². The van der Waals surface area contributed by atoms with Gasteiger partial charge in [0.2, 0.25) is 0 Å². The molecule has 0 saturated carbocycles. The summed E-state index contributed by atoms with van der Waals surface area (Å²) in [6.45, 7) is 1.74. The third-order valence-electron chi connectivity index (χ3n) is 4.02. The minimum absolute atomic E-state index is 0.200. The van der Waals surface area contributed by atoms with Crippen molar-refractivity contribution in [3.05, 3.63) is 0 Å². The first-order chi connectivity index (χ1) is 13.7. The number of aliphatic hydroxyl groups is 2. The quantitative estimate of drug-likeness (QED) is 0.245. The molecule has 0 aliphatic rings. The monoisotopic (exact) mass is 406 g/mol. The van der Waals surface area contributed by atoms with Crippen LogP contribution in [0.3, 0.4) is 0 Å². The summed E-state index contributed by atoms with van der Waals surface area (Å²) in [7, 11) is 0. The van der Waals surface area contributed by atoms with Crippen molar-refractivity contribution in [2.45, 2.75) is 77.0 Å². The van der Waals surface area contributed by atoms with Gasteiger partial charge in [-0.25, -0.2) is 9.59 Å². The van der Waals surface area contributed by atoms with Crippen LogP contribution in [0.5, 0.6) is 0 Å². The second-order valence-corrected chi connectivity index (χ2v) is 6.58. The number of aliphatic hydroxyl groups excluding tert-OH is 2. The molecule has 8 nitrogen and oxygen atoms in total. The van der Waals surface area contributed by atoms with Crippen LogP contribution in [0.4, 0.5) is 9.59 Å². The summed E-state index contributed by atoms with van der Waals surface area (Å²) in [5, 5.41) is 17.3. The molecule has 0 aromatic carbocycles. The van der Waals surface area contributed by atoms with Crippen molar-refractivity contribution in [2.75, 3.05) is 39.6 Å². The second-order valence-electron chi connectivity index (χ2n) is 6.58. The lowest BCUT2D eigenvalue weighted by molar-refractivity contribution is 0.0494. The Morgan fingerprint density at radius 2 is 0.679 bits per heavy atom. The first-order valence-electron chi connectivity index (χ1n) is 10.5. The molecule has 0 aromatic rings. The van der Waals surface area contributed by atoms with Crippen LogP contribution in [-0.4, -0.2) is 62.2 Å². The Morgan fingerprint density at radius 3 is 0.929 bits per heavy atom. The van der Waals surface area contributed by atoms with Crippen molar-refractivity contribution in [1.82, 2.24) is 0 Å². The number of ether oxygens (including phenoxy) is 4. The van der Waals surface area contributed by atoms with Crippen LogP contribution in [0.1, 0.15) is 77.0 Å². The van der Waals surface area contributed by atoms with E-state index in [0.717, 1.165) is 77.0 Å². The maximum Gasteiger partial charge on any atom is 0.508 e. The highest BCUT2D eigenvalue weighted by Gasteiger charge is 2.04. The fraction of sp³-hybridized carbons (Fsp3) is 0.900. The van der Waals surface area contributed by atoms with Crippen LogP contribution in [0.2, 0.25) is 0 Å². The zero-order chi connectivity index (χ0) is 20.7. The first kappa shape index (κ1) is 26.5. The molecular formula is C20H38O8. The van der Waals surface area contributed by atoms with E-state index in [1.165, 1.54) is 0 Å². The van der Waals surface area contributed by atoms with Crippen molar-refractivity contribution in [1.29, 1.82) is 0 Å². The van der Waals surface area contributed by atoms with Gasteiger partial charge in [0, 0.05) is 13.2 Å². The van der Waals surface area contributed by atoms with Gasteiger partial charge >= 0.3 is 12.3 Å². The maximum absolute atomic E-state index is 11.3. The van der Waals surface area contributed by atoms with E-state index in [4.69, 9.17) is 29.2 Å². The Morgan fingerprint density at radius 1 is 0.429 bits per heavy atom. The van der Waals surface area contributed by atoms with E-state index in [1.54, 1.807) is 0 Å². The zero-order valence-electron chi connectivity index (χ0n) is 17.1. The summed E-state index contributed by atoms with van der Waals surface area (Å²) in [6.07, 6.45) is 8.79. The summed E-state index contributed by atoms with van der Waals surface area (Å²) in [5.74, 6) is 0. The summed E-state index contributed by atoms with van der Waals surface area (Å²) in [4.78, 5) is 22.7. The lowest BCUT2D eigenvalue weighted by Crippen LogP contribution is -2.10. The van der Waals surface area contributed by atoms with Gasteiger partial charge in [0.1, 0.15) is 0 Å². The molecule has 8 heteroatoms. The Bertz CT molecular complexity index is 328. The number of carbonyl (C=O) groups is 2. The number of rotatable bonds is 19. The van der Waals surface area contributed by atoms with Gasteiger partial charge < -0.3 is 29.2 Å². The molecule has 0 heterocycles. The smallest absolute Gasteiger partial charge is 0.434 e. The topological polar surface area (TPSA) is 112 Å². The largest absolute Gasteiger partial charge is 0.508 e. The molecule has 0 spiro atoms. The molecule has 0 aromatic heterocycles. The lowest BCUT2D eigenvalue weighted by atomic mass is 10.2. The van der Waals surface area contributed by atoms with E-state index in [1.807, 2.05) is 0 Å². The van der Waals surface area contributed by atoms with Gasteiger partial charge in [0.25, 0.3) is 0 Å². The average molecular weight is 407 g/mol. The SMILES string of the molecule is O=C(OCCCCCCO)OCCCCCCOC(=O)OCCCCCCO. The van der Waals surface area contributed by atoms with Crippen LogP contribution in [-0.2, 0) is 18.9 Å². The minimum atomic E-state index is -0.635. The molecule has 0 aliphatic carbocycles. The fourth-order valence-corrected chi connectivity index (χ4v) is 2.40. The third-order valence-corrected chi connectivity index (χ3v) is 4.02. The molecule has 166 valence electrons. The van der Waals surface area contributed by atoms with E-state index in [2.05, 4.69) is 0 Å². The van der Waals surface area contributed by atoms with Crippen molar-refractivity contribution in [3.8, 4) is 0 Å². The highest BCUT2D eigenvalue weighted by molar-refractivity contribution is 5.60. The number of hydrogen-bond acceptors (Lipinski definition) is 8. The molecule has 2 N–H and O–H groups in total. The zero-order valence-corrected chi connectivity index (χ0v) is 17.1. The third kappa shape index (κ3) is 20.8. The van der Waals surface area contributed by atoms with Crippen LogP contribution in [0, 0.1) is 0 Å². The molecule has 0 radical (unpaired) electrons. The van der Waals surface area contributed by atoms with Crippen molar-refractivity contribution in [3.63, 3.8) is 0 Å². The van der Waals surface area contributed by atoms with Crippen molar-refractivity contribution in [2.24, 2.45) is 0 Å². The first-order valence-corrected chi connectivity index (χ1v) is 10.5. The standard InChI is InChI=1S/C20H38O8/c21-13-7-1-3-9-15-25-19(23)27-17-11-5-6-12-18-28-20(24)26-16-10-4-2-8-14-22/h21-22H,1-18H2. The van der Waals surface area contributed by atoms with Gasteiger partial charge in [-0.2, -0.15) is 0 Å². The summed E-state index contributed by atoms with van der Waals surface area (Å²) >= 11 is 0. The molecular weight excluding hydrogens is 368 g/mol. The van der Waals surface area contributed by atoms with Gasteiger partial charge in [-0.3, -0.25) is 0 Å². The second kappa shape index (κ2) is 21.8. The van der Waals surface area contributed by atoms with Crippen molar-refractivity contribution < 1.29 is 38.7 Å². The van der Waals surface area contributed by atoms with E-state index >= 15 is 0 Å². The van der Waals surface area contributed by atoms with E-state index < -0.39 is 12.3 Å². The fourth-order valence-electron chi connectivity index (χ4n) is 2.40. The van der Waals surface area contributed by atoms with Gasteiger partial charge in [-0.05, 0) is 64.2 Å². The molecule has 0 rings (SSSR count). The summed E-state index contributed by atoms with van der Waals surface area (Å²) < 4.78 is 19.8. The molecule has 0 bridgehead atoms. The Hall–Kier alpha value is -1.54. The summed E-state index contributed by atoms with van der Waals surface area (Å²) in [6, 6.07) is 0. The normalized spacial score (nSPS) is 10.5. The maximum atomic E-state index is 11.3. The van der Waals surface area contributed by atoms with Gasteiger partial charge in [0.05, 0.1) is 26.4 Å². The number of unbranched alkanes of at least 4 members (excludes halogenated alkanes) is 9. The van der Waals surface area contributed by atoms with Gasteiger partial charge in [-0.15, -0.1) is 0 Å². The molecule has 28 heavy (non-hydrogen) atoms. The Balaban J connectivity index is 3.25. The molecule has 0 aliphatic heterocycles. The lowest BCUT2D eigenvalue weighted by Gasteiger charge is -2.07. The van der Waals surface area contributed by atoms with Crippen LogP contribution >= 0.6 is 0 Å². The van der Waals surface area contributed by atoms with Gasteiger partial charge in [-0.1, -0.05) is 12.8 Å². The minimum Gasteiger partial charge on any atom is -0.434 e. The summed E-state index contributed by atoms with van der Waals surface area (Å²) in [5.41, 5.74) is 0. The van der Waals surface area contributed by atoms with E-state index in [9.17, 15) is 9.59 Å². The molecule has 0 amide bonds. The van der Waals surface area contributed by atoms with Crippen LogP contribution in [0.25, 0.3) is 0 Å². The molecule has 0 atom stereocenters. The number of hydrogen-bond donors (Lipinski definition) is 2. The Kier molecular flexibility index (Phi) is 20.6. The highest BCUT2D eigenvalue weighted by atomic mass is 16.7. The molecule has 0 saturated heterocycles. The van der Waals surface area contributed by atoms with Gasteiger partial charge in [0.15, 0.2) is 0 Å². The number of carbonyl (C=O) groups excluding carboxylic acids is 2.